The molecule has 2 unspecified atom stereocenters. The van der Waals surface area contributed by atoms with E-state index < -0.39 is 54.0 Å². The summed E-state index contributed by atoms with van der Waals surface area (Å²) in [5, 5.41) is 18.3. The third kappa shape index (κ3) is 5.56. The smallest absolute Gasteiger partial charge is 0.417 e. The van der Waals surface area contributed by atoms with E-state index in [9.17, 15) is 37.5 Å². The molecule has 37 heavy (non-hydrogen) atoms. The number of carbonyl (C=O) groups excluding carboxylic acids is 2. The minimum absolute atomic E-state index is 0.0198. The number of hydrogen-bond acceptors (Lipinski definition) is 7. The quantitative estimate of drug-likeness (QED) is 0.403. The largest absolute Gasteiger partial charge is 0.479 e. The fourth-order valence-electron chi connectivity index (χ4n) is 3.84. The Balaban J connectivity index is 1.53. The minimum atomic E-state index is -4.62. The number of aromatic nitrogens is 1. The Labute approximate surface area is 205 Å². The van der Waals surface area contributed by atoms with Crippen molar-refractivity contribution in [1.82, 2.24) is 4.98 Å². The molecule has 10 nitrogen and oxygen atoms in total. The van der Waals surface area contributed by atoms with Crippen LogP contribution in [0.25, 0.3) is 22.0 Å². The van der Waals surface area contributed by atoms with Gasteiger partial charge in [0.15, 0.2) is 12.2 Å². The van der Waals surface area contributed by atoms with Gasteiger partial charge in [-0.25, -0.2) is 9.59 Å². The standard InChI is InChI=1S/C24H19F3N2O8/c25-24(26,27)17-4-2-1-3-15(17)18-7-12-5-6-13(8-16(12)21(32)28-18)29-10-14(37-23(29)35)11-36-20(31)9-19(30)22(33)34/h1-8,14,19,30H,9-11H2,(H,28,32)(H,33,34). The highest BCUT2D eigenvalue weighted by Gasteiger charge is 2.35. The van der Waals surface area contributed by atoms with Crippen molar-refractivity contribution in [2.75, 3.05) is 18.1 Å². The van der Waals surface area contributed by atoms with Gasteiger partial charge >= 0.3 is 24.2 Å². The van der Waals surface area contributed by atoms with E-state index in [1.165, 1.54) is 47.4 Å². The number of aliphatic hydroxyl groups is 1. The number of amides is 1. The lowest BCUT2D eigenvalue weighted by Crippen LogP contribution is -2.28. The van der Waals surface area contributed by atoms with Crippen LogP contribution in [-0.4, -0.2) is 58.6 Å². The number of cyclic esters (lactones) is 1. The number of aliphatic hydroxyl groups excluding tert-OH is 1. The number of carboxylic acid groups (broad SMARTS) is 1. The van der Waals surface area contributed by atoms with Crippen LogP contribution in [0.3, 0.4) is 0 Å². The number of benzene rings is 2. The molecular weight excluding hydrogens is 501 g/mol. The summed E-state index contributed by atoms with van der Waals surface area (Å²) in [6.07, 6.45) is -9.01. The van der Waals surface area contributed by atoms with Gasteiger partial charge in [0.1, 0.15) is 6.61 Å². The number of halogens is 3. The molecule has 0 saturated carbocycles. The highest BCUT2D eigenvalue weighted by Crippen LogP contribution is 2.36. The number of aliphatic carboxylic acids is 1. The Morgan fingerprint density at radius 1 is 1.16 bits per heavy atom. The summed E-state index contributed by atoms with van der Waals surface area (Å²) >= 11 is 0. The molecule has 2 heterocycles. The summed E-state index contributed by atoms with van der Waals surface area (Å²) in [5.41, 5.74) is -1.50. The lowest BCUT2D eigenvalue weighted by Gasteiger charge is -2.15. The molecule has 13 heteroatoms. The Morgan fingerprint density at radius 3 is 2.59 bits per heavy atom. The van der Waals surface area contributed by atoms with E-state index in [0.717, 1.165) is 6.07 Å². The summed E-state index contributed by atoms with van der Waals surface area (Å²) < 4.78 is 50.3. The molecule has 3 N–H and O–H groups in total. The molecule has 4 rings (SSSR count). The van der Waals surface area contributed by atoms with Crippen molar-refractivity contribution < 1.29 is 47.2 Å². The number of ether oxygens (including phenoxy) is 2. The van der Waals surface area contributed by atoms with Crippen LogP contribution in [-0.2, 0) is 25.2 Å². The molecule has 1 aliphatic heterocycles. The van der Waals surface area contributed by atoms with E-state index in [0.29, 0.717) is 5.39 Å². The van der Waals surface area contributed by atoms with Gasteiger partial charge in [-0.15, -0.1) is 0 Å². The zero-order valence-corrected chi connectivity index (χ0v) is 18.8. The van der Waals surface area contributed by atoms with Gasteiger partial charge in [0.05, 0.1) is 18.5 Å². The van der Waals surface area contributed by atoms with E-state index in [4.69, 9.17) is 14.6 Å². The molecule has 0 bridgehead atoms. The number of rotatable bonds is 7. The van der Waals surface area contributed by atoms with Crippen molar-refractivity contribution >= 4 is 34.5 Å². The second kappa shape index (κ2) is 9.93. The number of pyridine rings is 1. The van der Waals surface area contributed by atoms with Crippen LogP contribution in [0.2, 0.25) is 0 Å². The predicted molar refractivity (Wildman–Crippen MR) is 122 cm³/mol. The third-order valence-electron chi connectivity index (χ3n) is 5.61. The number of nitrogens with one attached hydrogen (secondary N) is 1. The van der Waals surface area contributed by atoms with Crippen LogP contribution < -0.4 is 10.5 Å². The summed E-state index contributed by atoms with van der Waals surface area (Å²) in [6, 6.07) is 10.6. The number of anilines is 1. The second-order valence-corrected chi connectivity index (χ2v) is 8.18. The number of aromatic amines is 1. The average Bonchev–Trinajstić information content (AvgIpc) is 3.22. The number of esters is 1. The van der Waals surface area contributed by atoms with Gasteiger partial charge in [0.25, 0.3) is 5.56 Å². The van der Waals surface area contributed by atoms with Crippen LogP contribution in [0.15, 0.2) is 53.3 Å². The first-order valence-electron chi connectivity index (χ1n) is 10.8. The first-order chi connectivity index (χ1) is 17.4. The highest BCUT2D eigenvalue weighted by molar-refractivity contribution is 5.95. The van der Waals surface area contributed by atoms with E-state index in [1.54, 1.807) is 0 Å². The number of fused-ring (bicyclic) bond motifs is 1. The SMILES string of the molecule is O=C(CC(O)C(=O)O)OCC1CN(c2ccc3cc(-c4ccccc4C(F)(F)F)[nH]c(=O)c3c2)C(=O)O1. The molecule has 0 spiro atoms. The number of carboxylic acids is 1. The van der Waals surface area contributed by atoms with Crippen LogP contribution in [0.5, 0.6) is 0 Å². The molecule has 2 aromatic carbocycles. The Bertz CT molecular complexity index is 1440. The van der Waals surface area contributed by atoms with Crippen LogP contribution in [0.4, 0.5) is 23.7 Å². The Morgan fingerprint density at radius 2 is 1.89 bits per heavy atom. The minimum Gasteiger partial charge on any atom is -0.479 e. The summed E-state index contributed by atoms with van der Waals surface area (Å²) in [6.45, 7) is -0.447. The number of carbonyl (C=O) groups is 3. The van der Waals surface area contributed by atoms with Gasteiger partial charge in [-0.1, -0.05) is 24.3 Å². The first-order valence-corrected chi connectivity index (χ1v) is 10.8. The zero-order valence-electron chi connectivity index (χ0n) is 18.8. The molecular formula is C24H19F3N2O8. The maximum atomic E-state index is 13.4. The number of nitrogens with zero attached hydrogens (tertiary/aromatic N) is 1. The van der Waals surface area contributed by atoms with Crippen LogP contribution >= 0.6 is 0 Å². The molecule has 3 aromatic rings. The van der Waals surface area contributed by atoms with Crippen molar-refractivity contribution in [3.8, 4) is 11.3 Å². The Kier molecular flexibility index (Phi) is 6.90. The third-order valence-corrected chi connectivity index (χ3v) is 5.61. The number of H-pyrrole nitrogens is 1. The molecule has 1 aliphatic rings. The molecule has 194 valence electrons. The Hall–Kier alpha value is -4.39. The maximum absolute atomic E-state index is 13.4. The molecule has 1 amide bonds. The molecule has 1 aromatic heterocycles. The van der Waals surface area contributed by atoms with Crippen molar-refractivity contribution in [2.24, 2.45) is 0 Å². The van der Waals surface area contributed by atoms with Crippen molar-refractivity contribution in [3.05, 3.63) is 64.4 Å². The van der Waals surface area contributed by atoms with Crippen molar-refractivity contribution in [2.45, 2.75) is 24.8 Å². The predicted octanol–water partition coefficient (Wildman–Crippen LogP) is 2.92. The van der Waals surface area contributed by atoms with Gasteiger partial charge in [0, 0.05) is 22.3 Å². The summed E-state index contributed by atoms with van der Waals surface area (Å²) in [4.78, 5) is 51.0. The molecule has 1 saturated heterocycles. The lowest BCUT2D eigenvalue weighted by molar-refractivity contribution is -0.156. The average molecular weight is 520 g/mol. The normalized spacial score (nSPS) is 16.5. The van der Waals surface area contributed by atoms with E-state index in [2.05, 4.69) is 4.98 Å². The molecule has 2 atom stereocenters. The highest BCUT2D eigenvalue weighted by atomic mass is 19.4. The maximum Gasteiger partial charge on any atom is 0.417 e. The van der Waals surface area contributed by atoms with Gasteiger partial charge in [-0.2, -0.15) is 13.2 Å². The van der Waals surface area contributed by atoms with E-state index >= 15 is 0 Å². The molecule has 0 aliphatic carbocycles. The molecule has 0 radical (unpaired) electrons. The summed E-state index contributed by atoms with van der Waals surface area (Å²) in [7, 11) is 0. The van der Waals surface area contributed by atoms with Crippen molar-refractivity contribution in [3.63, 3.8) is 0 Å². The van der Waals surface area contributed by atoms with E-state index in [1.807, 2.05) is 0 Å². The topological polar surface area (TPSA) is 146 Å². The van der Waals surface area contributed by atoms with Gasteiger partial charge in [-0.05, 0) is 29.7 Å². The van der Waals surface area contributed by atoms with Crippen molar-refractivity contribution in [1.29, 1.82) is 0 Å². The lowest BCUT2D eigenvalue weighted by atomic mass is 10.0. The van der Waals surface area contributed by atoms with Crippen LogP contribution in [0, 0.1) is 0 Å². The monoisotopic (exact) mass is 520 g/mol. The number of alkyl halides is 3. The fourth-order valence-corrected chi connectivity index (χ4v) is 3.84. The second-order valence-electron chi connectivity index (χ2n) is 8.18. The summed E-state index contributed by atoms with van der Waals surface area (Å²) in [5.74, 6) is -2.58. The van der Waals surface area contributed by atoms with Crippen LogP contribution in [0.1, 0.15) is 12.0 Å². The molecule has 1 fully saturated rings. The number of hydrogen-bond donors (Lipinski definition) is 3. The first kappa shape index (κ1) is 25.7. The van der Waals surface area contributed by atoms with Gasteiger partial charge < -0.3 is 24.7 Å². The fraction of sp³-hybridized carbons (Fsp3) is 0.250. The van der Waals surface area contributed by atoms with E-state index in [-0.39, 0.29) is 35.5 Å². The zero-order chi connectivity index (χ0) is 26.9. The van der Waals surface area contributed by atoms with Gasteiger partial charge in [0.2, 0.25) is 0 Å². The van der Waals surface area contributed by atoms with Gasteiger partial charge in [-0.3, -0.25) is 14.5 Å².